The fraction of sp³-hybridized carbons (Fsp3) is 0.346. The number of amides is 4. The highest BCUT2D eigenvalue weighted by Crippen LogP contribution is 2.51. The number of aryl methyl sites for hydroxylation is 1. The number of aliphatic carboxylic acids is 1. The first-order chi connectivity index (χ1) is 18.0. The van der Waals surface area contributed by atoms with Crippen LogP contribution < -0.4 is 26.0 Å². The first kappa shape index (κ1) is 27.1. The number of benzene rings is 2. The summed E-state index contributed by atoms with van der Waals surface area (Å²) in [6.07, 6.45) is 0.120. The molecule has 5 N–H and O–H groups in total. The van der Waals surface area contributed by atoms with Crippen LogP contribution >= 0.6 is 11.6 Å². The van der Waals surface area contributed by atoms with Gasteiger partial charge in [0.25, 0.3) is 0 Å². The molecule has 2 aromatic carbocycles. The lowest BCUT2D eigenvalue weighted by atomic mass is 9.77. The van der Waals surface area contributed by atoms with Gasteiger partial charge in [-0.3, -0.25) is 24.5 Å². The molecule has 0 spiro atoms. The van der Waals surface area contributed by atoms with E-state index in [1.807, 2.05) is 0 Å². The zero-order chi connectivity index (χ0) is 27.8. The molecule has 2 heterocycles. The Balaban J connectivity index is 1.76. The molecule has 2 aromatic rings. The van der Waals surface area contributed by atoms with Gasteiger partial charge in [-0.1, -0.05) is 29.8 Å². The van der Waals surface area contributed by atoms with Gasteiger partial charge in [0.1, 0.15) is 11.3 Å². The van der Waals surface area contributed by atoms with E-state index in [4.69, 9.17) is 22.1 Å². The number of nitrogens with zero attached hydrogens (tertiary/aromatic N) is 1. The van der Waals surface area contributed by atoms with Gasteiger partial charge in [-0.25, -0.2) is 9.69 Å². The highest BCUT2D eigenvalue weighted by Gasteiger charge is 2.68. The van der Waals surface area contributed by atoms with Crippen LogP contribution in [-0.2, 0) is 19.2 Å². The number of hydrogen-bond acceptors (Lipinski definition) is 7. The minimum absolute atomic E-state index is 0.0622. The van der Waals surface area contributed by atoms with Crippen LogP contribution in [0.1, 0.15) is 36.9 Å². The number of carboxylic acids is 1. The Bertz CT molecular complexity index is 1320. The lowest BCUT2D eigenvalue weighted by molar-refractivity contribution is -0.149. The van der Waals surface area contributed by atoms with E-state index in [0.29, 0.717) is 10.6 Å². The Kier molecular flexibility index (Phi) is 7.43. The summed E-state index contributed by atoms with van der Waals surface area (Å²) in [6, 6.07) is 9.46. The molecule has 0 saturated carbocycles. The van der Waals surface area contributed by atoms with Crippen LogP contribution in [0, 0.1) is 18.8 Å². The zero-order valence-corrected chi connectivity index (χ0v) is 21.4. The van der Waals surface area contributed by atoms with Crippen molar-refractivity contribution in [1.29, 1.82) is 0 Å². The molecule has 2 fully saturated rings. The van der Waals surface area contributed by atoms with Gasteiger partial charge < -0.3 is 20.9 Å². The normalized spacial score (nSPS) is 24.3. The second kappa shape index (κ2) is 10.4. The molecule has 2 saturated heterocycles. The number of urea groups is 1. The highest BCUT2D eigenvalue weighted by molar-refractivity contribution is 6.32. The van der Waals surface area contributed by atoms with Gasteiger partial charge in [0.05, 0.1) is 17.5 Å². The molecule has 2 aliphatic heterocycles. The number of carboxylic acid groups (broad SMARTS) is 1. The van der Waals surface area contributed by atoms with Crippen molar-refractivity contribution in [2.24, 2.45) is 17.6 Å². The van der Waals surface area contributed by atoms with Crippen molar-refractivity contribution in [2.75, 3.05) is 11.4 Å². The molecule has 0 aliphatic carbocycles. The van der Waals surface area contributed by atoms with E-state index in [1.165, 1.54) is 25.1 Å². The molecule has 200 valence electrons. The summed E-state index contributed by atoms with van der Waals surface area (Å²) in [6.45, 7) is 3.13. The maximum absolute atomic E-state index is 13.8. The average molecular weight is 543 g/mol. The van der Waals surface area contributed by atoms with Crippen LogP contribution in [0.15, 0.2) is 42.5 Å². The molecule has 12 heteroatoms. The molecule has 4 rings (SSSR count). The smallest absolute Gasteiger partial charge is 0.324 e. The molecule has 0 radical (unpaired) electrons. The predicted octanol–water partition coefficient (Wildman–Crippen LogP) is 2.30. The van der Waals surface area contributed by atoms with Crippen LogP contribution in [0.4, 0.5) is 10.5 Å². The molecule has 38 heavy (non-hydrogen) atoms. The minimum Gasteiger partial charge on any atom is -0.480 e. The summed E-state index contributed by atoms with van der Waals surface area (Å²) in [5, 5.41) is 16.3. The second-order valence-corrected chi connectivity index (χ2v) is 9.81. The van der Waals surface area contributed by atoms with Crippen molar-refractivity contribution < 1.29 is 33.8 Å². The van der Waals surface area contributed by atoms with Gasteiger partial charge in [0, 0.05) is 24.5 Å². The first-order valence-electron chi connectivity index (χ1n) is 11.9. The van der Waals surface area contributed by atoms with E-state index in [0.717, 1.165) is 10.5 Å². The summed E-state index contributed by atoms with van der Waals surface area (Å²) in [7, 11) is 0. The van der Waals surface area contributed by atoms with Gasteiger partial charge >= 0.3 is 18.0 Å². The molecular weight excluding hydrogens is 516 g/mol. The zero-order valence-electron chi connectivity index (χ0n) is 20.7. The Morgan fingerprint density at radius 1 is 1.16 bits per heavy atom. The summed E-state index contributed by atoms with van der Waals surface area (Å²) < 4.78 is 5.08. The molecule has 0 bridgehead atoms. The number of halogens is 1. The molecule has 4 atom stereocenters. The lowest BCUT2D eigenvalue weighted by Crippen LogP contribution is -2.56. The van der Waals surface area contributed by atoms with Crippen molar-refractivity contribution in [3.05, 3.63) is 58.6 Å². The number of primary amides is 1. The SMILES string of the molecule is CC(=O)Oc1ccc(C2NC(CCCNC(N)=O)(C(=O)O)C3C(=O)N(c4ccc(C)c(Cl)c4)C(=O)C23)cc1. The number of nitrogens with one attached hydrogen (secondary N) is 2. The largest absolute Gasteiger partial charge is 0.480 e. The van der Waals surface area contributed by atoms with E-state index >= 15 is 0 Å². The number of carbonyl (C=O) groups is 5. The fourth-order valence-electron chi connectivity index (χ4n) is 5.29. The van der Waals surface area contributed by atoms with E-state index < -0.39 is 53.2 Å². The van der Waals surface area contributed by atoms with Gasteiger partial charge in [-0.05, 0) is 55.2 Å². The standard InChI is InChI=1S/C26H27ClN4O7/c1-13-4-7-16(12-18(13)27)31-22(33)19-20(23(31)34)26(24(35)36,10-3-11-29-25(28)37)30-21(19)15-5-8-17(9-6-15)38-14(2)32/h4-9,12,19-21,30H,3,10-11H2,1-2H3,(H,35,36)(H3,28,29,37). The van der Waals surface area contributed by atoms with Gasteiger partial charge in [-0.2, -0.15) is 0 Å². The second-order valence-electron chi connectivity index (χ2n) is 9.40. The van der Waals surface area contributed by atoms with Crippen molar-refractivity contribution in [1.82, 2.24) is 10.6 Å². The summed E-state index contributed by atoms with van der Waals surface area (Å²) in [4.78, 5) is 63.8. The summed E-state index contributed by atoms with van der Waals surface area (Å²) >= 11 is 6.26. The number of esters is 1. The van der Waals surface area contributed by atoms with Crippen molar-refractivity contribution in [3.8, 4) is 5.75 Å². The van der Waals surface area contributed by atoms with Crippen LogP contribution in [0.3, 0.4) is 0 Å². The van der Waals surface area contributed by atoms with Crippen LogP contribution in [-0.4, -0.2) is 47.0 Å². The monoisotopic (exact) mass is 542 g/mol. The summed E-state index contributed by atoms with van der Waals surface area (Å²) in [5.74, 6) is -5.01. The fourth-order valence-corrected chi connectivity index (χ4v) is 5.46. The highest BCUT2D eigenvalue weighted by atomic mass is 35.5. The number of imide groups is 1. The first-order valence-corrected chi connectivity index (χ1v) is 12.3. The molecule has 4 unspecified atom stereocenters. The molecular formula is C26H27ClN4O7. The van der Waals surface area contributed by atoms with Crippen molar-refractivity contribution in [2.45, 2.75) is 38.3 Å². The molecule has 2 aliphatic rings. The average Bonchev–Trinajstić information content (AvgIpc) is 3.33. The maximum atomic E-state index is 13.8. The minimum atomic E-state index is -1.81. The third kappa shape index (κ3) is 4.82. The van der Waals surface area contributed by atoms with Crippen molar-refractivity contribution >= 4 is 47.1 Å². The van der Waals surface area contributed by atoms with E-state index in [9.17, 15) is 29.1 Å². The van der Waals surface area contributed by atoms with Crippen molar-refractivity contribution in [3.63, 3.8) is 0 Å². The Morgan fingerprint density at radius 3 is 2.42 bits per heavy atom. The van der Waals surface area contributed by atoms with Crippen LogP contribution in [0.25, 0.3) is 0 Å². The third-order valence-corrected chi connectivity index (χ3v) is 7.40. The number of fused-ring (bicyclic) bond motifs is 1. The topological polar surface area (TPSA) is 168 Å². The molecule has 0 aromatic heterocycles. The third-order valence-electron chi connectivity index (χ3n) is 7.00. The lowest BCUT2D eigenvalue weighted by Gasteiger charge is -2.31. The Morgan fingerprint density at radius 2 is 1.84 bits per heavy atom. The predicted molar refractivity (Wildman–Crippen MR) is 136 cm³/mol. The number of ether oxygens (including phenoxy) is 1. The number of nitrogens with two attached hydrogens (primary N) is 1. The Labute approximate surface area is 223 Å². The number of rotatable bonds is 8. The van der Waals surface area contributed by atoms with Gasteiger partial charge in [0.2, 0.25) is 11.8 Å². The Hall–Kier alpha value is -3.96. The van der Waals surface area contributed by atoms with Crippen LogP contribution in [0.2, 0.25) is 5.02 Å². The van der Waals surface area contributed by atoms with E-state index in [-0.39, 0.29) is 30.8 Å². The maximum Gasteiger partial charge on any atom is 0.324 e. The number of anilines is 1. The van der Waals surface area contributed by atoms with E-state index in [2.05, 4.69) is 10.6 Å². The van der Waals surface area contributed by atoms with Gasteiger partial charge in [0.15, 0.2) is 0 Å². The summed E-state index contributed by atoms with van der Waals surface area (Å²) in [5.41, 5.74) is 4.86. The van der Waals surface area contributed by atoms with Crippen LogP contribution in [0.5, 0.6) is 5.75 Å². The molecule has 11 nitrogen and oxygen atoms in total. The quantitative estimate of drug-likeness (QED) is 0.170. The number of hydrogen-bond donors (Lipinski definition) is 4. The number of carbonyl (C=O) groups excluding carboxylic acids is 4. The van der Waals surface area contributed by atoms with E-state index in [1.54, 1.807) is 31.2 Å². The molecule has 4 amide bonds. The van der Waals surface area contributed by atoms with Gasteiger partial charge in [-0.15, -0.1) is 0 Å².